The van der Waals surface area contributed by atoms with E-state index in [9.17, 15) is 9.90 Å². The van der Waals surface area contributed by atoms with Crippen LogP contribution in [0.4, 0.5) is 5.00 Å². The van der Waals surface area contributed by atoms with Gasteiger partial charge < -0.3 is 20.6 Å². The Hall–Kier alpha value is -2.05. The van der Waals surface area contributed by atoms with Crippen LogP contribution in [0.2, 0.25) is 0 Å². The lowest BCUT2D eigenvalue weighted by atomic mass is 9.99. The minimum absolute atomic E-state index is 0.0351. The molecule has 1 unspecified atom stereocenters. The second kappa shape index (κ2) is 5.79. The molecule has 3 heterocycles. The van der Waals surface area contributed by atoms with Gasteiger partial charge in [0.25, 0.3) is 5.91 Å². The Labute approximate surface area is 145 Å². The van der Waals surface area contributed by atoms with Crippen molar-refractivity contribution < 1.29 is 14.8 Å². The summed E-state index contributed by atoms with van der Waals surface area (Å²) in [5.74, 6) is 0.203. The van der Waals surface area contributed by atoms with Crippen LogP contribution in [0, 0.1) is 6.92 Å². The summed E-state index contributed by atoms with van der Waals surface area (Å²) in [6.07, 6.45) is 0.569. The van der Waals surface area contributed by atoms with Crippen LogP contribution in [0.25, 0.3) is 0 Å². The Morgan fingerprint density at radius 3 is 3.00 bits per heavy atom. The van der Waals surface area contributed by atoms with E-state index in [2.05, 4.69) is 17.6 Å². The highest BCUT2D eigenvalue weighted by molar-refractivity contribution is 7.16. The Kier molecular flexibility index (Phi) is 3.73. The number of aromatic hydroxyl groups is 1. The number of likely N-dealkylation sites (N-methyl/N-ethyl adjacent to an activating group) is 1. The molecule has 4 rings (SSSR count). The largest absolute Gasteiger partial charge is 0.507 e. The SMILES string of the molecule is CC[NH+]1CCc2c(sc3c2C(=O)N[C@H](c2cccc(C)c2O)N3)C1. The molecule has 2 aromatic rings. The number of carbonyl (C=O) groups excluding carboxylic acids is 1. The maximum atomic E-state index is 12.7. The van der Waals surface area contributed by atoms with Crippen LogP contribution >= 0.6 is 11.3 Å². The molecule has 24 heavy (non-hydrogen) atoms. The number of nitrogens with one attached hydrogen (secondary N) is 3. The summed E-state index contributed by atoms with van der Waals surface area (Å²) in [6, 6.07) is 5.61. The molecule has 0 spiro atoms. The zero-order valence-corrected chi connectivity index (χ0v) is 14.7. The van der Waals surface area contributed by atoms with Crippen molar-refractivity contribution in [2.75, 3.05) is 18.4 Å². The van der Waals surface area contributed by atoms with Gasteiger partial charge in [0.1, 0.15) is 23.5 Å². The van der Waals surface area contributed by atoms with Crippen LogP contribution < -0.4 is 15.5 Å². The first-order valence-electron chi connectivity index (χ1n) is 8.42. The molecule has 1 amide bonds. The number of aryl methyl sites for hydroxylation is 1. The number of phenols is 1. The number of rotatable bonds is 2. The molecule has 6 heteroatoms. The fraction of sp³-hybridized carbons (Fsp3) is 0.389. The fourth-order valence-corrected chi connectivity index (χ4v) is 4.97. The second-order valence-corrected chi connectivity index (χ2v) is 7.66. The van der Waals surface area contributed by atoms with Gasteiger partial charge >= 0.3 is 0 Å². The van der Waals surface area contributed by atoms with Crippen molar-refractivity contribution >= 4 is 22.2 Å². The van der Waals surface area contributed by atoms with Crippen molar-refractivity contribution in [1.29, 1.82) is 0 Å². The van der Waals surface area contributed by atoms with Gasteiger partial charge in [0.05, 0.1) is 23.5 Å². The van der Waals surface area contributed by atoms with Gasteiger partial charge in [-0.1, -0.05) is 18.2 Å². The van der Waals surface area contributed by atoms with Crippen molar-refractivity contribution in [3.05, 3.63) is 45.3 Å². The highest BCUT2D eigenvalue weighted by Gasteiger charge is 2.34. The first-order chi connectivity index (χ1) is 11.6. The Bertz CT molecular complexity index is 815. The molecule has 1 aromatic heterocycles. The molecule has 0 saturated carbocycles. The average Bonchev–Trinajstić information content (AvgIpc) is 2.94. The average molecular weight is 344 g/mol. The van der Waals surface area contributed by atoms with Crippen LogP contribution in [-0.4, -0.2) is 24.1 Å². The molecule has 2 aliphatic rings. The van der Waals surface area contributed by atoms with E-state index < -0.39 is 0 Å². The zero-order chi connectivity index (χ0) is 16.8. The lowest BCUT2D eigenvalue weighted by molar-refractivity contribution is -0.913. The molecule has 0 aliphatic carbocycles. The van der Waals surface area contributed by atoms with E-state index in [-0.39, 0.29) is 17.8 Å². The van der Waals surface area contributed by atoms with Gasteiger partial charge in [0, 0.05) is 12.0 Å². The molecule has 1 aromatic carbocycles. The molecule has 2 atom stereocenters. The molecule has 2 aliphatic heterocycles. The predicted octanol–water partition coefficient (Wildman–Crippen LogP) is 1.58. The number of anilines is 1. The van der Waals surface area contributed by atoms with Gasteiger partial charge in [-0.15, -0.1) is 11.3 Å². The Morgan fingerprint density at radius 1 is 1.38 bits per heavy atom. The maximum absolute atomic E-state index is 12.7. The number of phenolic OH excluding ortho intramolecular Hbond substituents is 1. The van der Waals surface area contributed by atoms with Crippen LogP contribution in [0.1, 0.15) is 45.0 Å². The summed E-state index contributed by atoms with van der Waals surface area (Å²) in [6.45, 7) is 7.26. The highest BCUT2D eigenvalue weighted by Crippen LogP contribution is 2.40. The molecule has 0 fully saturated rings. The summed E-state index contributed by atoms with van der Waals surface area (Å²) < 4.78 is 0. The van der Waals surface area contributed by atoms with Gasteiger partial charge in [0.2, 0.25) is 0 Å². The molecule has 126 valence electrons. The lowest BCUT2D eigenvalue weighted by Crippen LogP contribution is -3.11. The Morgan fingerprint density at radius 2 is 2.21 bits per heavy atom. The third-order valence-corrected chi connectivity index (χ3v) is 6.25. The Balaban J connectivity index is 1.70. The topological polar surface area (TPSA) is 65.8 Å². The summed E-state index contributed by atoms with van der Waals surface area (Å²) >= 11 is 1.69. The van der Waals surface area contributed by atoms with Gasteiger partial charge in [-0.05, 0) is 25.0 Å². The summed E-state index contributed by atoms with van der Waals surface area (Å²) in [4.78, 5) is 15.6. The number of thiophene rings is 1. The summed E-state index contributed by atoms with van der Waals surface area (Å²) in [5.41, 5.74) is 3.54. The number of hydrogen-bond acceptors (Lipinski definition) is 4. The fourth-order valence-electron chi connectivity index (χ4n) is 3.62. The van der Waals surface area contributed by atoms with Gasteiger partial charge in [0.15, 0.2) is 0 Å². The first-order valence-corrected chi connectivity index (χ1v) is 9.24. The number of quaternary nitrogens is 1. The molecular formula is C18H22N3O2S+. The predicted molar refractivity (Wildman–Crippen MR) is 94.8 cm³/mol. The molecule has 0 radical (unpaired) electrons. The van der Waals surface area contributed by atoms with E-state index >= 15 is 0 Å². The second-order valence-electron chi connectivity index (χ2n) is 6.55. The van der Waals surface area contributed by atoms with Gasteiger partial charge in [-0.3, -0.25) is 4.79 Å². The van der Waals surface area contributed by atoms with E-state index in [1.54, 1.807) is 16.2 Å². The third-order valence-electron chi connectivity index (χ3n) is 5.09. The minimum atomic E-state index is -0.389. The standard InChI is InChI=1S/C18H21N3O2S/c1-3-21-8-7-11-13(9-21)24-18-14(11)17(23)19-16(20-18)12-6-4-5-10(2)15(12)22/h4-6,16,20,22H,3,7-9H2,1-2H3,(H,19,23)/p+1/t16-/m0/s1. The monoisotopic (exact) mass is 344 g/mol. The number of fused-ring (bicyclic) bond motifs is 3. The molecule has 0 saturated heterocycles. The summed E-state index contributed by atoms with van der Waals surface area (Å²) in [7, 11) is 0. The quantitative estimate of drug-likeness (QED) is 0.669. The number of amides is 1. The number of benzene rings is 1. The van der Waals surface area contributed by atoms with E-state index in [0.29, 0.717) is 5.56 Å². The maximum Gasteiger partial charge on any atom is 0.256 e. The smallest absolute Gasteiger partial charge is 0.256 e. The van der Waals surface area contributed by atoms with Crippen molar-refractivity contribution in [2.45, 2.75) is 33.0 Å². The van der Waals surface area contributed by atoms with Gasteiger partial charge in [-0.25, -0.2) is 0 Å². The van der Waals surface area contributed by atoms with Crippen molar-refractivity contribution in [3.63, 3.8) is 0 Å². The zero-order valence-electron chi connectivity index (χ0n) is 13.9. The van der Waals surface area contributed by atoms with E-state index in [0.717, 1.165) is 42.2 Å². The van der Waals surface area contributed by atoms with Crippen molar-refractivity contribution in [2.24, 2.45) is 0 Å². The summed E-state index contributed by atoms with van der Waals surface area (Å²) in [5, 5.41) is 17.7. The number of carbonyl (C=O) groups is 1. The first kappa shape index (κ1) is 15.5. The normalized spacial score (nSPS) is 22.3. The van der Waals surface area contributed by atoms with Crippen LogP contribution in [-0.2, 0) is 13.0 Å². The van der Waals surface area contributed by atoms with E-state index in [1.165, 1.54) is 10.4 Å². The lowest BCUT2D eigenvalue weighted by Gasteiger charge is -2.28. The van der Waals surface area contributed by atoms with Crippen molar-refractivity contribution in [3.8, 4) is 5.75 Å². The van der Waals surface area contributed by atoms with Crippen LogP contribution in [0.5, 0.6) is 5.75 Å². The van der Waals surface area contributed by atoms with Gasteiger partial charge in [-0.2, -0.15) is 0 Å². The molecule has 5 nitrogen and oxygen atoms in total. The highest BCUT2D eigenvalue weighted by atomic mass is 32.1. The van der Waals surface area contributed by atoms with E-state index in [1.807, 2.05) is 25.1 Å². The van der Waals surface area contributed by atoms with E-state index in [4.69, 9.17) is 0 Å². The van der Waals surface area contributed by atoms with Crippen molar-refractivity contribution in [1.82, 2.24) is 5.32 Å². The third kappa shape index (κ3) is 2.37. The number of para-hydroxylation sites is 1. The minimum Gasteiger partial charge on any atom is -0.507 e. The molecule has 4 N–H and O–H groups in total. The molecule has 0 bridgehead atoms. The number of hydrogen-bond donors (Lipinski definition) is 4. The van der Waals surface area contributed by atoms with Crippen LogP contribution in [0.3, 0.4) is 0 Å². The molecular weight excluding hydrogens is 322 g/mol. The van der Waals surface area contributed by atoms with Crippen LogP contribution in [0.15, 0.2) is 18.2 Å².